The molecule has 0 aliphatic rings. The van der Waals surface area contributed by atoms with Gasteiger partial charge in [-0.2, -0.15) is 0 Å². The number of para-hydroxylation sites is 1. The first kappa shape index (κ1) is 16.6. The Balaban J connectivity index is 1.61. The van der Waals surface area contributed by atoms with Crippen molar-refractivity contribution in [2.75, 3.05) is 7.05 Å². The molecule has 0 unspecified atom stereocenters. The number of hydrogen-bond donors (Lipinski definition) is 1. The van der Waals surface area contributed by atoms with Gasteiger partial charge in [-0.3, -0.25) is 4.98 Å². The van der Waals surface area contributed by atoms with Gasteiger partial charge in [0.25, 0.3) is 0 Å². The van der Waals surface area contributed by atoms with Crippen LogP contribution in [0.1, 0.15) is 24.2 Å². The van der Waals surface area contributed by atoms with Crippen molar-refractivity contribution >= 4 is 6.03 Å². The fourth-order valence-corrected chi connectivity index (χ4v) is 2.39. The molecule has 0 bridgehead atoms. The average molecular weight is 336 g/mol. The van der Waals surface area contributed by atoms with E-state index in [2.05, 4.69) is 20.6 Å². The molecule has 1 N–H and O–H groups in total. The molecular formula is C18H20N6O. The second-order valence-corrected chi connectivity index (χ2v) is 5.81. The van der Waals surface area contributed by atoms with Crippen LogP contribution in [0.3, 0.4) is 0 Å². The Morgan fingerprint density at radius 2 is 1.92 bits per heavy atom. The smallest absolute Gasteiger partial charge is 0.317 e. The lowest BCUT2D eigenvalue weighted by molar-refractivity contribution is 0.203. The number of nitrogens with zero attached hydrogens (tertiary/aromatic N) is 5. The molecule has 7 nitrogen and oxygen atoms in total. The first-order chi connectivity index (χ1) is 12.1. The zero-order valence-corrected chi connectivity index (χ0v) is 14.2. The molecule has 0 aliphatic heterocycles. The minimum Gasteiger partial charge on any atom is -0.330 e. The highest BCUT2D eigenvalue weighted by Gasteiger charge is 2.16. The lowest BCUT2D eigenvalue weighted by Crippen LogP contribution is -2.38. The van der Waals surface area contributed by atoms with Gasteiger partial charge in [0.05, 0.1) is 17.9 Å². The maximum absolute atomic E-state index is 12.4. The van der Waals surface area contributed by atoms with E-state index >= 15 is 0 Å². The van der Waals surface area contributed by atoms with Crippen LogP contribution in [0.25, 0.3) is 5.69 Å². The summed E-state index contributed by atoms with van der Waals surface area (Å²) < 4.78 is 1.69. The SMILES string of the molecule is C[C@@H](NC(=O)N(C)Cc1ccncc1)c1cn(-c2ccccc2)nn1. The van der Waals surface area contributed by atoms with Gasteiger partial charge in [0.15, 0.2) is 0 Å². The maximum Gasteiger partial charge on any atom is 0.317 e. The Kier molecular flexibility index (Phi) is 5.03. The number of carbonyl (C=O) groups excluding carboxylic acids is 1. The minimum absolute atomic E-state index is 0.168. The predicted octanol–water partition coefficient (Wildman–Crippen LogP) is 2.56. The lowest BCUT2D eigenvalue weighted by Gasteiger charge is -2.20. The summed E-state index contributed by atoms with van der Waals surface area (Å²) in [6.45, 7) is 2.40. The Morgan fingerprint density at radius 3 is 2.64 bits per heavy atom. The summed E-state index contributed by atoms with van der Waals surface area (Å²) in [5, 5.41) is 11.2. The second kappa shape index (κ2) is 7.57. The molecule has 7 heteroatoms. The number of rotatable bonds is 5. The summed E-state index contributed by atoms with van der Waals surface area (Å²) in [6, 6.07) is 13.1. The van der Waals surface area contributed by atoms with Crippen LogP contribution < -0.4 is 5.32 Å². The number of amides is 2. The fourth-order valence-electron chi connectivity index (χ4n) is 2.39. The van der Waals surface area contributed by atoms with E-state index in [0.29, 0.717) is 12.2 Å². The first-order valence-electron chi connectivity index (χ1n) is 8.01. The van der Waals surface area contributed by atoms with E-state index in [-0.39, 0.29) is 12.1 Å². The zero-order valence-electron chi connectivity index (χ0n) is 14.2. The van der Waals surface area contributed by atoms with Gasteiger partial charge in [-0.15, -0.1) is 5.10 Å². The molecule has 3 aromatic rings. The number of pyridine rings is 1. The quantitative estimate of drug-likeness (QED) is 0.777. The molecule has 0 radical (unpaired) electrons. The van der Waals surface area contributed by atoms with Crippen molar-refractivity contribution in [3.8, 4) is 5.69 Å². The summed E-state index contributed by atoms with van der Waals surface area (Å²) >= 11 is 0. The Bertz CT molecular complexity index is 818. The van der Waals surface area contributed by atoms with E-state index in [1.165, 1.54) is 0 Å². The van der Waals surface area contributed by atoms with Crippen LogP contribution in [0.4, 0.5) is 4.79 Å². The molecule has 0 spiro atoms. The molecular weight excluding hydrogens is 316 g/mol. The van der Waals surface area contributed by atoms with Crippen LogP contribution in [0, 0.1) is 0 Å². The van der Waals surface area contributed by atoms with Crippen molar-refractivity contribution in [1.29, 1.82) is 0 Å². The number of aromatic nitrogens is 4. The lowest BCUT2D eigenvalue weighted by atomic mass is 10.2. The standard InChI is InChI=1S/C18H20N6O/c1-14(17-13-24(22-21-17)16-6-4-3-5-7-16)20-18(25)23(2)12-15-8-10-19-11-9-15/h3-11,13-14H,12H2,1-2H3,(H,20,25)/t14-/m1/s1. The summed E-state index contributed by atoms with van der Waals surface area (Å²) in [5.41, 5.74) is 2.65. The van der Waals surface area contributed by atoms with Crippen LogP contribution in [0.15, 0.2) is 61.1 Å². The Hall–Kier alpha value is -3.22. The van der Waals surface area contributed by atoms with Gasteiger partial charge < -0.3 is 10.2 Å². The summed E-state index contributed by atoms with van der Waals surface area (Å²) in [4.78, 5) is 17.9. The van der Waals surface area contributed by atoms with Crippen LogP contribution in [0.5, 0.6) is 0 Å². The van der Waals surface area contributed by atoms with Gasteiger partial charge in [-0.1, -0.05) is 23.4 Å². The molecule has 25 heavy (non-hydrogen) atoms. The highest BCUT2D eigenvalue weighted by atomic mass is 16.2. The zero-order chi connectivity index (χ0) is 17.6. The normalized spacial score (nSPS) is 11.8. The molecule has 0 saturated heterocycles. The van der Waals surface area contributed by atoms with E-state index in [1.54, 1.807) is 29.0 Å². The van der Waals surface area contributed by atoms with Crippen molar-refractivity contribution in [2.24, 2.45) is 0 Å². The third-order valence-electron chi connectivity index (χ3n) is 3.83. The van der Waals surface area contributed by atoms with E-state index in [0.717, 1.165) is 11.3 Å². The molecule has 2 heterocycles. The molecule has 0 aliphatic carbocycles. The van der Waals surface area contributed by atoms with Gasteiger partial charge in [0, 0.05) is 26.0 Å². The Labute approximate surface area is 146 Å². The summed E-state index contributed by atoms with van der Waals surface area (Å²) in [6.07, 6.45) is 5.25. The molecule has 2 aromatic heterocycles. The Morgan fingerprint density at radius 1 is 1.20 bits per heavy atom. The fraction of sp³-hybridized carbons (Fsp3) is 0.222. The van der Waals surface area contributed by atoms with E-state index in [9.17, 15) is 4.79 Å². The van der Waals surface area contributed by atoms with E-state index in [4.69, 9.17) is 0 Å². The van der Waals surface area contributed by atoms with Crippen LogP contribution in [0.2, 0.25) is 0 Å². The molecule has 0 fully saturated rings. The maximum atomic E-state index is 12.4. The van der Waals surface area contributed by atoms with Gasteiger partial charge in [0.2, 0.25) is 0 Å². The van der Waals surface area contributed by atoms with Crippen LogP contribution in [-0.2, 0) is 6.54 Å². The van der Waals surface area contributed by atoms with Gasteiger partial charge >= 0.3 is 6.03 Å². The minimum atomic E-state index is -0.246. The number of urea groups is 1. The molecule has 3 rings (SSSR count). The van der Waals surface area contributed by atoms with Crippen molar-refractivity contribution in [1.82, 2.24) is 30.2 Å². The highest BCUT2D eigenvalue weighted by Crippen LogP contribution is 2.12. The molecule has 1 aromatic carbocycles. The summed E-state index contributed by atoms with van der Waals surface area (Å²) in [5.74, 6) is 0. The number of benzene rings is 1. The third kappa shape index (κ3) is 4.20. The topological polar surface area (TPSA) is 75.9 Å². The second-order valence-electron chi connectivity index (χ2n) is 5.81. The highest BCUT2D eigenvalue weighted by molar-refractivity contribution is 5.74. The number of carbonyl (C=O) groups is 1. The van der Waals surface area contributed by atoms with Gasteiger partial charge in [-0.05, 0) is 36.8 Å². The monoisotopic (exact) mass is 336 g/mol. The van der Waals surface area contributed by atoms with Crippen LogP contribution >= 0.6 is 0 Å². The average Bonchev–Trinajstić information content (AvgIpc) is 3.13. The number of hydrogen-bond acceptors (Lipinski definition) is 4. The molecule has 128 valence electrons. The van der Waals surface area contributed by atoms with Gasteiger partial charge in [-0.25, -0.2) is 9.48 Å². The first-order valence-corrected chi connectivity index (χ1v) is 8.01. The van der Waals surface area contributed by atoms with Crippen LogP contribution in [-0.4, -0.2) is 38.0 Å². The molecule has 1 atom stereocenters. The van der Waals surface area contributed by atoms with Gasteiger partial charge in [0.1, 0.15) is 5.69 Å². The molecule has 2 amide bonds. The van der Waals surface area contributed by atoms with Crippen molar-refractivity contribution in [3.05, 3.63) is 72.3 Å². The van der Waals surface area contributed by atoms with E-state index < -0.39 is 0 Å². The summed E-state index contributed by atoms with van der Waals surface area (Å²) in [7, 11) is 1.75. The van der Waals surface area contributed by atoms with Crippen molar-refractivity contribution in [3.63, 3.8) is 0 Å². The van der Waals surface area contributed by atoms with Crippen molar-refractivity contribution in [2.45, 2.75) is 19.5 Å². The van der Waals surface area contributed by atoms with Crippen molar-refractivity contribution < 1.29 is 4.79 Å². The predicted molar refractivity (Wildman–Crippen MR) is 94.0 cm³/mol. The number of nitrogens with one attached hydrogen (secondary N) is 1. The third-order valence-corrected chi connectivity index (χ3v) is 3.83. The molecule has 0 saturated carbocycles. The van der Waals surface area contributed by atoms with E-state index in [1.807, 2.05) is 55.6 Å². The largest absolute Gasteiger partial charge is 0.330 e.